The predicted molar refractivity (Wildman–Crippen MR) is 88.2 cm³/mol. The lowest BCUT2D eigenvalue weighted by molar-refractivity contribution is -0.113. The van der Waals surface area contributed by atoms with Crippen LogP contribution in [-0.4, -0.2) is 16.8 Å². The molecule has 3 rings (SSSR count). The molecule has 3 nitrogen and oxygen atoms in total. The van der Waals surface area contributed by atoms with E-state index in [1.54, 1.807) is 6.20 Å². The number of carbonyl (C=O) groups is 1. The highest BCUT2D eigenvalue weighted by atomic mass is 35.5. The molecule has 3 aromatic rings. The van der Waals surface area contributed by atoms with Crippen molar-refractivity contribution >= 4 is 44.7 Å². The third-order valence-corrected chi connectivity index (χ3v) is 4.32. The van der Waals surface area contributed by atoms with Gasteiger partial charge in [0.15, 0.2) is 5.13 Å². The molecule has 1 N–H and O–H groups in total. The number of hydrogen-bond acceptors (Lipinski definition) is 3. The van der Waals surface area contributed by atoms with Gasteiger partial charge < -0.3 is 5.32 Å². The number of alkyl halides is 1. The minimum atomic E-state index is -0.234. The van der Waals surface area contributed by atoms with Crippen molar-refractivity contribution in [1.82, 2.24) is 4.98 Å². The van der Waals surface area contributed by atoms with Crippen LogP contribution in [0.1, 0.15) is 10.4 Å². The number of hydrogen-bond donors (Lipinski definition) is 1. The second-order valence-corrected chi connectivity index (χ2v) is 6.01. The number of amides is 1. The largest absolute Gasteiger partial charge is 0.301 e. The fourth-order valence-corrected chi connectivity index (χ4v) is 3.15. The van der Waals surface area contributed by atoms with Crippen molar-refractivity contribution in [2.45, 2.75) is 6.42 Å². The van der Waals surface area contributed by atoms with Crippen molar-refractivity contribution in [2.75, 3.05) is 11.2 Å². The van der Waals surface area contributed by atoms with E-state index < -0.39 is 0 Å². The number of halogens is 1. The van der Waals surface area contributed by atoms with E-state index >= 15 is 0 Å². The summed E-state index contributed by atoms with van der Waals surface area (Å²) in [6.45, 7) is 0. The first kappa shape index (κ1) is 14.0. The normalized spacial score (nSPS) is 10.7. The van der Waals surface area contributed by atoms with Crippen molar-refractivity contribution in [3.05, 3.63) is 59.1 Å². The standard InChI is InChI=1S/C16H13ClN2OS/c17-9-15(20)19-16-18-10-13(21-16)8-12-6-3-5-11-4-1-2-7-14(11)12/h1-7,10H,8-9H2,(H,18,19,20). The first-order valence-corrected chi connectivity index (χ1v) is 7.88. The van der Waals surface area contributed by atoms with Crippen molar-refractivity contribution in [2.24, 2.45) is 0 Å². The van der Waals surface area contributed by atoms with Gasteiger partial charge in [-0.1, -0.05) is 42.5 Å². The van der Waals surface area contributed by atoms with E-state index in [9.17, 15) is 4.79 Å². The number of rotatable bonds is 4. The third kappa shape index (κ3) is 3.23. The van der Waals surface area contributed by atoms with Crippen LogP contribution in [0.5, 0.6) is 0 Å². The Kier molecular flexibility index (Phi) is 4.18. The van der Waals surface area contributed by atoms with Crippen LogP contribution in [0.25, 0.3) is 10.8 Å². The minimum absolute atomic E-state index is 0.0573. The van der Waals surface area contributed by atoms with Crippen LogP contribution in [0, 0.1) is 0 Å². The van der Waals surface area contributed by atoms with Gasteiger partial charge in [0.2, 0.25) is 5.91 Å². The molecule has 0 aliphatic rings. The maximum absolute atomic E-state index is 11.2. The van der Waals surface area contributed by atoms with Gasteiger partial charge in [0.25, 0.3) is 0 Å². The molecule has 0 fully saturated rings. The lowest BCUT2D eigenvalue weighted by Crippen LogP contribution is -2.11. The molecule has 2 aromatic carbocycles. The summed E-state index contributed by atoms with van der Waals surface area (Å²) in [6, 6.07) is 14.6. The van der Waals surface area contributed by atoms with Crippen molar-refractivity contribution in [3.63, 3.8) is 0 Å². The summed E-state index contributed by atoms with van der Waals surface area (Å²) >= 11 is 6.95. The van der Waals surface area contributed by atoms with Gasteiger partial charge in [-0.05, 0) is 16.3 Å². The number of fused-ring (bicyclic) bond motifs is 1. The van der Waals surface area contributed by atoms with E-state index in [0.29, 0.717) is 5.13 Å². The highest BCUT2D eigenvalue weighted by molar-refractivity contribution is 7.15. The Labute approximate surface area is 131 Å². The second kappa shape index (κ2) is 6.24. The molecule has 0 radical (unpaired) electrons. The van der Waals surface area contributed by atoms with E-state index in [0.717, 1.165) is 11.3 Å². The van der Waals surface area contributed by atoms with Gasteiger partial charge in [0, 0.05) is 17.5 Å². The molecule has 1 amide bonds. The smallest absolute Gasteiger partial charge is 0.241 e. The predicted octanol–water partition coefficient (Wildman–Crippen LogP) is 4.06. The Morgan fingerprint density at radius 3 is 2.86 bits per heavy atom. The molecule has 106 valence electrons. The summed E-state index contributed by atoms with van der Waals surface area (Å²) in [5.74, 6) is -0.291. The van der Waals surface area contributed by atoms with Crippen LogP contribution in [0.4, 0.5) is 5.13 Å². The van der Waals surface area contributed by atoms with Crippen molar-refractivity contribution in [3.8, 4) is 0 Å². The number of nitrogens with one attached hydrogen (secondary N) is 1. The highest BCUT2D eigenvalue weighted by Crippen LogP contribution is 2.25. The number of aromatic nitrogens is 1. The van der Waals surface area contributed by atoms with Crippen LogP contribution < -0.4 is 5.32 Å². The number of benzene rings is 2. The SMILES string of the molecule is O=C(CCl)Nc1ncc(Cc2cccc3ccccc23)s1. The van der Waals surface area contributed by atoms with Gasteiger partial charge in [0.05, 0.1) is 0 Å². The van der Waals surface area contributed by atoms with Crippen LogP contribution >= 0.6 is 22.9 Å². The summed E-state index contributed by atoms with van der Waals surface area (Å²) in [4.78, 5) is 16.6. The zero-order valence-electron chi connectivity index (χ0n) is 11.2. The summed E-state index contributed by atoms with van der Waals surface area (Å²) in [6.07, 6.45) is 2.60. The first-order chi connectivity index (χ1) is 10.3. The number of carbonyl (C=O) groups excluding carboxylic acids is 1. The maximum atomic E-state index is 11.2. The van der Waals surface area contributed by atoms with Crippen molar-refractivity contribution < 1.29 is 4.79 Å². The van der Waals surface area contributed by atoms with Crippen LogP contribution in [-0.2, 0) is 11.2 Å². The Bertz CT molecular complexity index is 779. The molecule has 0 aliphatic heterocycles. The first-order valence-electron chi connectivity index (χ1n) is 6.53. The Morgan fingerprint density at radius 2 is 2.00 bits per heavy atom. The topological polar surface area (TPSA) is 42.0 Å². The molecule has 0 saturated carbocycles. The summed E-state index contributed by atoms with van der Waals surface area (Å²) in [5, 5.41) is 5.75. The van der Waals surface area contributed by atoms with Gasteiger partial charge in [-0.3, -0.25) is 4.79 Å². The number of nitrogens with zero attached hydrogens (tertiary/aromatic N) is 1. The average molecular weight is 317 g/mol. The molecule has 1 heterocycles. The fraction of sp³-hybridized carbons (Fsp3) is 0.125. The van der Waals surface area contributed by atoms with Crippen LogP contribution in [0.2, 0.25) is 0 Å². The maximum Gasteiger partial charge on any atom is 0.241 e. The molecule has 1 aromatic heterocycles. The Morgan fingerprint density at radius 1 is 1.19 bits per heavy atom. The van der Waals surface area contributed by atoms with E-state index in [4.69, 9.17) is 11.6 Å². The molecular weight excluding hydrogens is 304 g/mol. The molecule has 0 aliphatic carbocycles. The fourth-order valence-electron chi connectivity index (χ4n) is 2.23. The second-order valence-electron chi connectivity index (χ2n) is 4.63. The molecule has 21 heavy (non-hydrogen) atoms. The molecule has 0 bridgehead atoms. The van der Waals surface area contributed by atoms with E-state index in [2.05, 4.69) is 40.6 Å². The van der Waals surface area contributed by atoms with E-state index in [-0.39, 0.29) is 11.8 Å². The van der Waals surface area contributed by atoms with E-state index in [1.165, 1.54) is 27.7 Å². The van der Waals surface area contributed by atoms with Gasteiger partial charge >= 0.3 is 0 Å². The zero-order chi connectivity index (χ0) is 14.7. The molecule has 0 unspecified atom stereocenters. The minimum Gasteiger partial charge on any atom is -0.301 e. The summed E-state index contributed by atoms with van der Waals surface area (Å²) in [7, 11) is 0. The summed E-state index contributed by atoms with van der Waals surface area (Å²) in [5.41, 5.74) is 1.26. The molecule has 0 saturated heterocycles. The summed E-state index contributed by atoms with van der Waals surface area (Å²) < 4.78 is 0. The van der Waals surface area contributed by atoms with Crippen LogP contribution in [0.15, 0.2) is 48.7 Å². The lowest BCUT2D eigenvalue weighted by Gasteiger charge is -2.04. The van der Waals surface area contributed by atoms with Crippen LogP contribution in [0.3, 0.4) is 0 Å². The number of anilines is 1. The average Bonchev–Trinajstić information content (AvgIpc) is 2.94. The number of thiazole rings is 1. The van der Waals surface area contributed by atoms with Gasteiger partial charge in [-0.2, -0.15) is 0 Å². The van der Waals surface area contributed by atoms with Gasteiger partial charge in [-0.15, -0.1) is 22.9 Å². The highest BCUT2D eigenvalue weighted by Gasteiger charge is 2.07. The Balaban J connectivity index is 1.84. The molecule has 0 spiro atoms. The van der Waals surface area contributed by atoms with Gasteiger partial charge in [0.1, 0.15) is 5.88 Å². The third-order valence-electron chi connectivity index (χ3n) is 3.17. The zero-order valence-corrected chi connectivity index (χ0v) is 12.7. The quantitative estimate of drug-likeness (QED) is 0.737. The monoisotopic (exact) mass is 316 g/mol. The van der Waals surface area contributed by atoms with Crippen molar-refractivity contribution in [1.29, 1.82) is 0 Å². The molecular formula is C16H13ClN2OS. The van der Waals surface area contributed by atoms with Gasteiger partial charge in [-0.25, -0.2) is 4.98 Å². The lowest BCUT2D eigenvalue weighted by atomic mass is 10.0. The Hall–Kier alpha value is -1.91. The molecule has 0 atom stereocenters. The molecule has 5 heteroatoms. The van der Waals surface area contributed by atoms with E-state index in [1.807, 2.05) is 12.1 Å².